The van der Waals surface area contributed by atoms with Crippen LogP contribution in [0.25, 0.3) is 10.9 Å². The van der Waals surface area contributed by atoms with Gasteiger partial charge in [-0.1, -0.05) is 18.2 Å². The third-order valence-corrected chi connectivity index (χ3v) is 4.60. The lowest BCUT2D eigenvalue weighted by atomic mass is 9.91. The second kappa shape index (κ2) is 4.44. The van der Waals surface area contributed by atoms with Crippen molar-refractivity contribution in [3.8, 4) is 0 Å². The summed E-state index contributed by atoms with van der Waals surface area (Å²) in [6.45, 7) is 3.90. The van der Waals surface area contributed by atoms with Crippen molar-refractivity contribution in [1.29, 1.82) is 0 Å². The van der Waals surface area contributed by atoms with Gasteiger partial charge in [-0.15, -0.1) is 11.3 Å². The summed E-state index contributed by atoms with van der Waals surface area (Å²) in [5.74, 6) is 0. The number of hydrogen-bond donors (Lipinski definition) is 1. The number of rotatable bonds is 2. The Kier molecular flexibility index (Phi) is 2.88. The first-order valence-electron chi connectivity index (χ1n) is 6.22. The normalized spacial score (nSPS) is 14.5. The number of aromatic nitrogens is 1. The van der Waals surface area contributed by atoms with E-state index >= 15 is 0 Å². The van der Waals surface area contributed by atoms with Crippen LogP contribution in [0.2, 0.25) is 0 Å². The summed E-state index contributed by atoms with van der Waals surface area (Å²) in [6.07, 6.45) is 1.77. The Hall–Kier alpha value is -1.71. The van der Waals surface area contributed by atoms with Crippen molar-refractivity contribution in [3.05, 3.63) is 64.0 Å². The first-order chi connectivity index (χ1) is 9.09. The fourth-order valence-corrected chi connectivity index (χ4v) is 3.28. The van der Waals surface area contributed by atoms with Crippen LogP contribution in [0, 0.1) is 6.92 Å². The highest BCUT2D eigenvalue weighted by Gasteiger charge is 2.28. The molecular formula is C16H15NOS. The molecule has 19 heavy (non-hydrogen) atoms. The van der Waals surface area contributed by atoms with E-state index in [0.29, 0.717) is 0 Å². The van der Waals surface area contributed by atoms with Gasteiger partial charge in [0.1, 0.15) is 5.60 Å². The molecule has 0 spiro atoms. The zero-order valence-electron chi connectivity index (χ0n) is 10.9. The Labute approximate surface area is 116 Å². The molecule has 0 amide bonds. The van der Waals surface area contributed by atoms with Gasteiger partial charge in [-0.25, -0.2) is 0 Å². The molecule has 0 radical (unpaired) electrons. The third kappa shape index (κ3) is 2.05. The molecule has 0 saturated carbocycles. The van der Waals surface area contributed by atoms with Gasteiger partial charge in [0.15, 0.2) is 0 Å². The number of hydrogen-bond acceptors (Lipinski definition) is 3. The topological polar surface area (TPSA) is 33.1 Å². The Morgan fingerprint density at radius 1 is 1.11 bits per heavy atom. The van der Waals surface area contributed by atoms with E-state index in [1.165, 1.54) is 4.88 Å². The van der Waals surface area contributed by atoms with Crippen molar-refractivity contribution in [2.24, 2.45) is 0 Å². The van der Waals surface area contributed by atoms with Crippen LogP contribution in [0.3, 0.4) is 0 Å². The molecule has 2 heterocycles. The Morgan fingerprint density at radius 3 is 2.68 bits per heavy atom. The first-order valence-corrected chi connectivity index (χ1v) is 7.04. The molecule has 96 valence electrons. The van der Waals surface area contributed by atoms with E-state index in [1.54, 1.807) is 17.5 Å². The number of thiophene rings is 1. The van der Waals surface area contributed by atoms with E-state index < -0.39 is 5.60 Å². The number of pyridine rings is 1. The van der Waals surface area contributed by atoms with E-state index in [9.17, 15) is 5.11 Å². The van der Waals surface area contributed by atoms with Crippen molar-refractivity contribution >= 4 is 22.2 Å². The number of aliphatic hydroxyl groups is 1. The van der Waals surface area contributed by atoms with Crippen LogP contribution in [0.5, 0.6) is 0 Å². The molecule has 2 nitrogen and oxygen atoms in total. The third-order valence-electron chi connectivity index (χ3n) is 3.39. The average molecular weight is 269 g/mol. The molecule has 2 aromatic heterocycles. The van der Waals surface area contributed by atoms with Crippen molar-refractivity contribution < 1.29 is 5.11 Å². The van der Waals surface area contributed by atoms with E-state index in [0.717, 1.165) is 21.3 Å². The summed E-state index contributed by atoms with van der Waals surface area (Å²) < 4.78 is 0. The Balaban J connectivity index is 2.23. The summed E-state index contributed by atoms with van der Waals surface area (Å²) in [6, 6.07) is 13.8. The van der Waals surface area contributed by atoms with Crippen molar-refractivity contribution in [1.82, 2.24) is 4.98 Å². The van der Waals surface area contributed by atoms with Gasteiger partial charge in [0.2, 0.25) is 0 Å². The molecule has 1 N–H and O–H groups in total. The largest absolute Gasteiger partial charge is 0.380 e. The van der Waals surface area contributed by atoms with E-state index in [1.807, 2.05) is 49.4 Å². The molecule has 0 saturated heterocycles. The van der Waals surface area contributed by atoms with Crippen molar-refractivity contribution in [2.75, 3.05) is 0 Å². The first kappa shape index (κ1) is 12.3. The Bertz CT molecular complexity index is 725. The average Bonchev–Trinajstić information content (AvgIpc) is 2.85. The minimum atomic E-state index is -0.985. The maximum Gasteiger partial charge on any atom is 0.122 e. The zero-order chi connectivity index (χ0) is 13.5. The van der Waals surface area contributed by atoms with E-state index in [4.69, 9.17) is 0 Å². The summed E-state index contributed by atoms with van der Waals surface area (Å²) in [4.78, 5) is 6.51. The second-order valence-corrected chi connectivity index (χ2v) is 6.15. The van der Waals surface area contributed by atoms with Crippen LogP contribution in [0.4, 0.5) is 0 Å². The van der Waals surface area contributed by atoms with Crippen molar-refractivity contribution in [3.63, 3.8) is 0 Å². The number of nitrogens with zero attached hydrogens (tertiary/aromatic N) is 1. The highest BCUT2D eigenvalue weighted by molar-refractivity contribution is 7.12. The lowest BCUT2D eigenvalue weighted by Crippen LogP contribution is -2.21. The van der Waals surface area contributed by atoms with Crippen LogP contribution in [-0.4, -0.2) is 10.1 Å². The van der Waals surface area contributed by atoms with Crippen molar-refractivity contribution in [2.45, 2.75) is 19.4 Å². The molecule has 1 atom stereocenters. The van der Waals surface area contributed by atoms with Gasteiger partial charge in [0, 0.05) is 21.3 Å². The standard InChI is InChI=1S/C16H15NOS/c1-11-8-9-15(19-11)16(2,18)13-6-3-7-14-12(13)5-4-10-17-14/h3-10,18H,1-2H3. The van der Waals surface area contributed by atoms with E-state index in [2.05, 4.69) is 11.9 Å². The molecule has 0 aliphatic carbocycles. The fraction of sp³-hybridized carbons (Fsp3) is 0.188. The van der Waals surface area contributed by atoms with Gasteiger partial charge in [0.05, 0.1) is 5.52 Å². The second-order valence-electron chi connectivity index (χ2n) is 4.86. The number of fused-ring (bicyclic) bond motifs is 1. The molecule has 3 heteroatoms. The molecule has 1 aromatic carbocycles. The Morgan fingerprint density at radius 2 is 1.95 bits per heavy atom. The molecule has 0 bridgehead atoms. The number of aryl methyl sites for hydroxylation is 1. The molecule has 3 aromatic rings. The summed E-state index contributed by atoms with van der Waals surface area (Å²) in [7, 11) is 0. The predicted molar refractivity (Wildman–Crippen MR) is 79.5 cm³/mol. The van der Waals surface area contributed by atoms with Gasteiger partial charge in [-0.3, -0.25) is 4.98 Å². The lowest BCUT2D eigenvalue weighted by Gasteiger charge is -2.24. The van der Waals surface area contributed by atoms with Gasteiger partial charge in [-0.05, 0) is 43.7 Å². The summed E-state index contributed by atoms with van der Waals surface area (Å²) in [5, 5.41) is 12.0. The molecule has 3 rings (SSSR count). The van der Waals surface area contributed by atoms with Gasteiger partial charge in [-0.2, -0.15) is 0 Å². The van der Waals surface area contributed by atoms with Gasteiger partial charge in [0.25, 0.3) is 0 Å². The van der Waals surface area contributed by atoms with E-state index in [-0.39, 0.29) is 0 Å². The molecule has 0 aliphatic heterocycles. The predicted octanol–water partition coefficient (Wildman–Crippen LogP) is 3.86. The monoisotopic (exact) mass is 269 g/mol. The maximum absolute atomic E-state index is 11.0. The van der Waals surface area contributed by atoms with Crippen LogP contribution in [0.15, 0.2) is 48.7 Å². The van der Waals surface area contributed by atoms with Crippen LogP contribution in [0.1, 0.15) is 22.2 Å². The van der Waals surface area contributed by atoms with Gasteiger partial charge >= 0.3 is 0 Å². The molecule has 1 unspecified atom stereocenters. The minimum Gasteiger partial charge on any atom is -0.380 e. The van der Waals surface area contributed by atoms with Crippen LogP contribution >= 0.6 is 11.3 Å². The lowest BCUT2D eigenvalue weighted by molar-refractivity contribution is 0.108. The highest BCUT2D eigenvalue weighted by Crippen LogP contribution is 2.36. The van der Waals surface area contributed by atoms with Crippen LogP contribution in [-0.2, 0) is 5.60 Å². The quantitative estimate of drug-likeness (QED) is 0.766. The SMILES string of the molecule is Cc1ccc(C(C)(O)c2cccc3ncccc23)s1. The molecular weight excluding hydrogens is 254 g/mol. The fourth-order valence-electron chi connectivity index (χ4n) is 2.36. The highest BCUT2D eigenvalue weighted by atomic mass is 32.1. The maximum atomic E-state index is 11.0. The molecule has 0 aliphatic rings. The summed E-state index contributed by atoms with van der Waals surface area (Å²) in [5.41, 5.74) is 0.829. The van der Waals surface area contributed by atoms with Gasteiger partial charge < -0.3 is 5.11 Å². The molecule has 0 fully saturated rings. The number of benzene rings is 1. The minimum absolute atomic E-state index is 0.903. The van der Waals surface area contributed by atoms with Crippen LogP contribution < -0.4 is 0 Å². The summed E-state index contributed by atoms with van der Waals surface area (Å²) >= 11 is 1.63. The zero-order valence-corrected chi connectivity index (χ0v) is 11.7. The smallest absolute Gasteiger partial charge is 0.122 e.